The quantitative estimate of drug-likeness (QED) is 0.650. The second kappa shape index (κ2) is 9.60. The van der Waals surface area contributed by atoms with Gasteiger partial charge in [0.2, 0.25) is 5.91 Å². The van der Waals surface area contributed by atoms with Crippen LogP contribution in [0.15, 0.2) is 48.5 Å². The molecule has 0 radical (unpaired) electrons. The fourth-order valence-electron chi connectivity index (χ4n) is 2.21. The van der Waals surface area contributed by atoms with Gasteiger partial charge in [-0.05, 0) is 37.3 Å². The number of hydrogen-bond donors (Lipinski definition) is 2. The van der Waals surface area contributed by atoms with E-state index in [4.69, 9.17) is 32.7 Å². The summed E-state index contributed by atoms with van der Waals surface area (Å²) in [5, 5.41) is 6.33. The minimum Gasteiger partial charge on any atom is -0.491 e. The Labute approximate surface area is 167 Å². The number of esters is 1. The molecule has 0 aliphatic heterocycles. The van der Waals surface area contributed by atoms with Gasteiger partial charge < -0.3 is 14.8 Å². The molecule has 0 bridgehead atoms. The van der Waals surface area contributed by atoms with Gasteiger partial charge in [0.15, 0.2) is 0 Å². The molecule has 144 valence electrons. The summed E-state index contributed by atoms with van der Waals surface area (Å²) in [6.07, 6.45) is 0. The molecular formula is C19H20Cl2N2O4. The van der Waals surface area contributed by atoms with Crippen LogP contribution in [0.4, 0.5) is 5.69 Å². The number of hydrogen-bond acceptors (Lipinski definition) is 5. The summed E-state index contributed by atoms with van der Waals surface area (Å²) < 4.78 is 10.5. The molecule has 2 rings (SSSR count). The Morgan fingerprint density at radius 2 is 1.81 bits per heavy atom. The average molecular weight is 411 g/mol. The lowest BCUT2D eigenvalue weighted by molar-refractivity contribution is -0.149. The topological polar surface area (TPSA) is 76.7 Å². The molecule has 2 N–H and O–H groups in total. The molecule has 0 saturated carbocycles. The first-order valence-electron chi connectivity index (χ1n) is 8.10. The second-order valence-corrected chi connectivity index (χ2v) is 6.79. The number of benzene rings is 2. The first kappa shape index (κ1) is 21.0. The summed E-state index contributed by atoms with van der Waals surface area (Å²) in [5.41, 5.74) is -0.837. The number of rotatable bonds is 8. The highest BCUT2D eigenvalue weighted by Gasteiger charge is 2.35. The Bertz CT molecular complexity index is 802. The number of halogens is 2. The normalized spacial score (nSPS) is 12.7. The van der Waals surface area contributed by atoms with Crippen molar-refractivity contribution in [3.8, 4) is 5.75 Å². The standard InChI is InChI=1S/C19H20Cl2N2O4/c1-19(18(25)26-2,12-27-14-6-4-3-5-7-14)22-11-17(24)23-16-10-13(20)8-9-15(16)21/h3-10,22H,11-12H2,1-2H3,(H,23,24). The lowest BCUT2D eigenvalue weighted by Crippen LogP contribution is -2.56. The number of ether oxygens (including phenoxy) is 2. The van der Waals surface area contributed by atoms with Gasteiger partial charge in [-0.25, -0.2) is 4.79 Å². The molecule has 0 heterocycles. The van der Waals surface area contributed by atoms with E-state index in [2.05, 4.69) is 10.6 Å². The van der Waals surface area contributed by atoms with Crippen LogP contribution in [0.2, 0.25) is 10.0 Å². The van der Waals surface area contributed by atoms with Gasteiger partial charge in [-0.2, -0.15) is 0 Å². The van der Waals surface area contributed by atoms with E-state index in [0.717, 1.165) is 0 Å². The third-order valence-corrected chi connectivity index (χ3v) is 4.31. The van der Waals surface area contributed by atoms with Gasteiger partial charge in [0.1, 0.15) is 17.9 Å². The molecule has 6 nitrogen and oxygen atoms in total. The molecule has 0 fully saturated rings. The molecule has 8 heteroatoms. The monoisotopic (exact) mass is 410 g/mol. The van der Waals surface area contributed by atoms with Gasteiger partial charge in [-0.1, -0.05) is 41.4 Å². The Kier molecular flexibility index (Phi) is 7.47. The first-order valence-corrected chi connectivity index (χ1v) is 8.86. The molecule has 2 aromatic carbocycles. The number of methoxy groups -OCH3 is 1. The average Bonchev–Trinajstić information content (AvgIpc) is 2.67. The maximum Gasteiger partial charge on any atom is 0.329 e. The van der Waals surface area contributed by atoms with Gasteiger partial charge in [0.05, 0.1) is 24.4 Å². The van der Waals surface area contributed by atoms with Gasteiger partial charge in [0, 0.05) is 5.02 Å². The molecule has 1 unspecified atom stereocenters. The first-order chi connectivity index (χ1) is 12.8. The highest BCUT2D eigenvalue weighted by Crippen LogP contribution is 2.25. The molecular weight excluding hydrogens is 391 g/mol. The largest absolute Gasteiger partial charge is 0.491 e. The van der Waals surface area contributed by atoms with E-state index in [9.17, 15) is 9.59 Å². The highest BCUT2D eigenvalue weighted by molar-refractivity contribution is 6.35. The summed E-state index contributed by atoms with van der Waals surface area (Å²) >= 11 is 11.9. The lowest BCUT2D eigenvalue weighted by Gasteiger charge is -2.27. The van der Waals surface area contributed by atoms with Crippen molar-refractivity contribution in [1.82, 2.24) is 5.32 Å². The van der Waals surface area contributed by atoms with E-state index in [1.807, 2.05) is 18.2 Å². The minimum atomic E-state index is -1.22. The maximum absolute atomic E-state index is 12.2. The van der Waals surface area contributed by atoms with Crippen LogP contribution in [0.1, 0.15) is 6.92 Å². The van der Waals surface area contributed by atoms with Crippen molar-refractivity contribution < 1.29 is 19.1 Å². The smallest absolute Gasteiger partial charge is 0.329 e. The number of para-hydroxylation sites is 1. The Morgan fingerprint density at radius 3 is 2.48 bits per heavy atom. The zero-order valence-corrected chi connectivity index (χ0v) is 16.4. The number of nitrogens with one attached hydrogen (secondary N) is 2. The fraction of sp³-hybridized carbons (Fsp3) is 0.263. The number of amides is 1. The van der Waals surface area contributed by atoms with Crippen LogP contribution < -0.4 is 15.4 Å². The minimum absolute atomic E-state index is 0.0190. The third-order valence-electron chi connectivity index (χ3n) is 3.75. The van der Waals surface area contributed by atoms with Crippen LogP contribution >= 0.6 is 23.2 Å². The van der Waals surface area contributed by atoms with Crippen LogP contribution in [0.5, 0.6) is 5.75 Å². The predicted octanol–water partition coefficient (Wildman–Crippen LogP) is 3.53. The van der Waals surface area contributed by atoms with Crippen molar-refractivity contribution in [2.24, 2.45) is 0 Å². The van der Waals surface area contributed by atoms with Crippen LogP contribution in [-0.2, 0) is 14.3 Å². The molecule has 0 aliphatic carbocycles. The van der Waals surface area contributed by atoms with E-state index in [0.29, 0.717) is 21.5 Å². The third kappa shape index (κ3) is 6.13. The van der Waals surface area contributed by atoms with Crippen LogP contribution in [0, 0.1) is 0 Å². The SMILES string of the molecule is COC(=O)C(C)(COc1ccccc1)NCC(=O)Nc1cc(Cl)ccc1Cl. The Morgan fingerprint density at radius 1 is 1.11 bits per heavy atom. The molecule has 1 amide bonds. The Hall–Kier alpha value is -2.28. The van der Waals surface area contributed by atoms with Crippen molar-refractivity contribution in [3.05, 3.63) is 58.6 Å². The Balaban J connectivity index is 1.99. The molecule has 2 aromatic rings. The molecule has 27 heavy (non-hydrogen) atoms. The van der Waals surface area contributed by atoms with E-state index >= 15 is 0 Å². The fourth-order valence-corrected chi connectivity index (χ4v) is 2.55. The molecule has 0 aromatic heterocycles. The summed E-state index contributed by atoms with van der Waals surface area (Å²) in [4.78, 5) is 24.4. The van der Waals surface area contributed by atoms with Crippen molar-refractivity contribution >= 4 is 40.8 Å². The summed E-state index contributed by atoms with van der Waals surface area (Å²) in [6.45, 7) is 1.42. The highest BCUT2D eigenvalue weighted by atomic mass is 35.5. The van der Waals surface area contributed by atoms with Crippen molar-refractivity contribution in [2.75, 3.05) is 25.6 Å². The van der Waals surface area contributed by atoms with Crippen LogP contribution in [-0.4, -0.2) is 37.7 Å². The summed E-state index contributed by atoms with van der Waals surface area (Å²) in [6, 6.07) is 13.8. The van der Waals surface area contributed by atoms with Gasteiger partial charge in [0.25, 0.3) is 0 Å². The van der Waals surface area contributed by atoms with E-state index in [-0.39, 0.29) is 13.2 Å². The second-order valence-electron chi connectivity index (χ2n) is 5.95. The number of carbonyl (C=O) groups excluding carboxylic acids is 2. The molecule has 0 spiro atoms. The number of carbonyl (C=O) groups is 2. The molecule has 0 aliphatic rings. The van der Waals surface area contributed by atoms with E-state index < -0.39 is 17.4 Å². The lowest BCUT2D eigenvalue weighted by atomic mass is 10.0. The maximum atomic E-state index is 12.2. The van der Waals surface area contributed by atoms with Gasteiger partial charge in [-0.3, -0.25) is 10.1 Å². The van der Waals surface area contributed by atoms with Crippen LogP contribution in [0.25, 0.3) is 0 Å². The zero-order chi connectivity index (χ0) is 19.9. The number of anilines is 1. The van der Waals surface area contributed by atoms with E-state index in [1.165, 1.54) is 7.11 Å². The van der Waals surface area contributed by atoms with Crippen molar-refractivity contribution in [1.29, 1.82) is 0 Å². The van der Waals surface area contributed by atoms with Gasteiger partial charge >= 0.3 is 5.97 Å². The molecule has 0 saturated heterocycles. The van der Waals surface area contributed by atoms with Crippen molar-refractivity contribution in [2.45, 2.75) is 12.5 Å². The van der Waals surface area contributed by atoms with Crippen LogP contribution in [0.3, 0.4) is 0 Å². The zero-order valence-electron chi connectivity index (χ0n) is 14.9. The summed E-state index contributed by atoms with van der Waals surface area (Å²) in [7, 11) is 1.27. The summed E-state index contributed by atoms with van der Waals surface area (Å²) in [5.74, 6) is -0.342. The van der Waals surface area contributed by atoms with E-state index in [1.54, 1.807) is 37.3 Å². The van der Waals surface area contributed by atoms with Crippen molar-refractivity contribution in [3.63, 3.8) is 0 Å². The molecule has 1 atom stereocenters. The predicted molar refractivity (Wildman–Crippen MR) is 105 cm³/mol. The van der Waals surface area contributed by atoms with Gasteiger partial charge in [-0.15, -0.1) is 0 Å².